The summed E-state index contributed by atoms with van der Waals surface area (Å²) in [5, 5.41) is 45.4. The molecule has 5 aliphatic rings. The van der Waals surface area contributed by atoms with Crippen molar-refractivity contribution >= 4 is 23.1 Å². The van der Waals surface area contributed by atoms with E-state index in [1.165, 1.54) is 4.90 Å². The Morgan fingerprint density at radius 2 is 1.69 bits per heavy atom. The van der Waals surface area contributed by atoms with Crippen molar-refractivity contribution in [3.05, 3.63) is 45.0 Å². The number of Topliss-reactive ketones (excluding diaryl/α,β-unsaturated/α-hetero) is 3. The zero-order valence-electron chi connectivity index (χ0n) is 22.3. The lowest BCUT2D eigenvalue weighted by Gasteiger charge is -2.50. The molecule has 0 bridgehead atoms. The molecule has 1 aliphatic heterocycles. The van der Waals surface area contributed by atoms with Gasteiger partial charge in [0.15, 0.2) is 17.2 Å². The quantitative estimate of drug-likeness (QED) is 0.426. The molecule has 0 unspecified atom stereocenters. The van der Waals surface area contributed by atoms with Crippen LogP contribution in [0.2, 0.25) is 0 Å². The van der Waals surface area contributed by atoms with Crippen molar-refractivity contribution in [2.24, 2.45) is 11.8 Å². The van der Waals surface area contributed by atoms with Crippen LogP contribution in [-0.2, 0) is 33.9 Å². The fourth-order valence-corrected chi connectivity index (χ4v) is 7.87. The second kappa shape index (κ2) is 8.71. The van der Waals surface area contributed by atoms with Gasteiger partial charge in [-0.1, -0.05) is 12.8 Å². The first-order chi connectivity index (χ1) is 18.4. The Hall–Kier alpha value is -3.08. The maximum Gasteiger partial charge on any atom is 0.202 e. The van der Waals surface area contributed by atoms with Gasteiger partial charge in [-0.25, -0.2) is 4.39 Å². The Morgan fingerprint density at radius 1 is 1.05 bits per heavy atom. The minimum atomic E-state index is -2.63. The van der Waals surface area contributed by atoms with Crippen LogP contribution in [0.15, 0.2) is 16.9 Å². The van der Waals surface area contributed by atoms with Crippen LogP contribution in [0.5, 0.6) is 5.75 Å². The zero-order valence-corrected chi connectivity index (χ0v) is 22.3. The van der Waals surface area contributed by atoms with Gasteiger partial charge in [0, 0.05) is 47.3 Å². The summed E-state index contributed by atoms with van der Waals surface area (Å²) in [4.78, 5) is 43.2. The van der Waals surface area contributed by atoms with Crippen LogP contribution in [-0.4, -0.2) is 79.4 Å². The number of nitrogens with zero attached hydrogens (tertiary/aromatic N) is 2. The number of rotatable bonds is 3. The Bertz CT molecular complexity index is 1410. The first-order valence-corrected chi connectivity index (χ1v) is 13.5. The number of hydrogen-bond donors (Lipinski definition) is 4. The number of aliphatic hydroxyl groups is 3. The van der Waals surface area contributed by atoms with Crippen LogP contribution in [0.3, 0.4) is 0 Å². The van der Waals surface area contributed by atoms with Gasteiger partial charge in [-0.2, -0.15) is 0 Å². The summed E-state index contributed by atoms with van der Waals surface area (Å²) >= 11 is 0. The minimum Gasteiger partial charge on any atom is -0.508 e. The van der Waals surface area contributed by atoms with Gasteiger partial charge in [0.2, 0.25) is 5.78 Å². The summed E-state index contributed by atoms with van der Waals surface area (Å²) in [6, 6.07) is -0.801. The molecule has 1 aromatic carbocycles. The summed E-state index contributed by atoms with van der Waals surface area (Å²) in [6.07, 6.45) is 4.16. The van der Waals surface area contributed by atoms with Gasteiger partial charge in [-0.3, -0.25) is 24.2 Å². The highest BCUT2D eigenvalue weighted by Gasteiger charge is 2.64. The molecule has 0 radical (unpaired) electrons. The fraction of sp³-hybridized carbons (Fsp3) is 0.552. The molecule has 208 valence electrons. The number of carbonyl (C=O) groups excluding carboxylic acids is 3. The maximum absolute atomic E-state index is 16.0. The zero-order chi connectivity index (χ0) is 28.1. The van der Waals surface area contributed by atoms with E-state index in [9.17, 15) is 34.8 Å². The van der Waals surface area contributed by atoms with Crippen molar-refractivity contribution < 1.29 is 39.2 Å². The second-order valence-electron chi connectivity index (χ2n) is 12.0. The molecule has 2 saturated carbocycles. The van der Waals surface area contributed by atoms with Gasteiger partial charge >= 0.3 is 0 Å². The Kier molecular flexibility index (Phi) is 5.84. The molecular formula is C29H33FN2O7. The molecule has 0 aromatic heterocycles. The number of carbonyl (C=O) groups is 3. The molecule has 1 heterocycles. The molecule has 1 aromatic rings. The van der Waals surface area contributed by atoms with Crippen molar-refractivity contribution in [1.82, 2.24) is 9.80 Å². The second-order valence-corrected chi connectivity index (χ2v) is 12.0. The first-order valence-electron chi connectivity index (χ1n) is 13.5. The number of fused-ring (bicyclic) bond motifs is 4. The monoisotopic (exact) mass is 540 g/mol. The Labute approximate surface area is 225 Å². The lowest BCUT2D eigenvalue weighted by molar-refractivity contribution is -0.153. The Morgan fingerprint density at radius 3 is 2.31 bits per heavy atom. The lowest BCUT2D eigenvalue weighted by Crippen LogP contribution is -2.65. The van der Waals surface area contributed by atoms with Crippen molar-refractivity contribution in [3.63, 3.8) is 0 Å². The summed E-state index contributed by atoms with van der Waals surface area (Å²) in [5.74, 6) is -6.88. The Balaban J connectivity index is 1.50. The molecule has 39 heavy (non-hydrogen) atoms. The van der Waals surface area contributed by atoms with Gasteiger partial charge in [0.25, 0.3) is 0 Å². The first kappa shape index (κ1) is 26.2. The van der Waals surface area contributed by atoms with Crippen molar-refractivity contribution in [2.45, 2.75) is 76.2 Å². The average Bonchev–Trinajstić information content (AvgIpc) is 3.55. The van der Waals surface area contributed by atoms with Crippen LogP contribution in [0, 0.1) is 17.7 Å². The van der Waals surface area contributed by atoms with E-state index in [1.807, 2.05) is 0 Å². The van der Waals surface area contributed by atoms with Crippen LogP contribution >= 0.6 is 0 Å². The number of phenols is 1. The summed E-state index contributed by atoms with van der Waals surface area (Å²) in [6.45, 7) is 1.76. The largest absolute Gasteiger partial charge is 0.508 e. The summed E-state index contributed by atoms with van der Waals surface area (Å²) < 4.78 is 16.0. The molecular weight excluding hydrogens is 507 g/mol. The lowest BCUT2D eigenvalue weighted by atomic mass is 9.57. The van der Waals surface area contributed by atoms with Crippen LogP contribution in [0.4, 0.5) is 4.39 Å². The van der Waals surface area contributed by atoms with Gasteiger partial charge in [-0.05, 0) is 52.6 Å². The number of aliphatic hydroxyl groups excluding tert-OH is 2. The predicted octanol–water partition coefficient (Wildman–Crippen LogP) is 2.46. The SMILES string of the molecule is CC(=O)C1=C(O)[C@@]2(O)C(=O)C3=C(O)c4c(O)c5c(c(F)c4C[C@H]3C[C@H]2[C@H](N(C)C)C1=O)CN(C1CCCC1)C5. The highest BCUT2D eigenvalue weighted by Crippen LogP contribution is 2.54. The standard InChI is InChI=1S/C29H33FN2O7/c1-12(33)19-26(36)23(31(2)3)18-9-13-8-15-21(25(35)20(13)28(38)29(18,39)27(19)37)24(34)17-11-32(10-16(17)22(15)30)14-6-4-5-7-14/h13-14,18,23,34-35,37,39H,4-11H2,1-3H3/t13-,18-,23-,29+/m0/s1. The molecule has 0 spiro atoms. The summed E-state index contributed by atoms with van der Waals surface area (Å²) in [7, 11) is 3.15. The van der Waals surface area contributed by atoms with Gasteiger partial charge in [0.05, 0.1) is 11.6 Å². The third-order valence-electron chi connectivity index (χ3n) is 9.70. The topological polar surface area (TPSA) is 139 Å². The van der Waals surface area contributed by atoms with Crippen molar-refractivity contribution in [3.8, 4) is 5.75 Å². The van der Waals surface area contributed by atoms with E-state index in [0.29, 0.717) is 30.3 Å². The van der Waals surface area contributed by atoms with Crippen LogP contribution in [0.1, 0.15) is 61.3 Å². The average molecular weight is 541 g/mol. The van der Waals surface area contributed by atoms with E-state index >= 15 is 4.39 Å². The van der Waals surface area contributed by atoms with E-state index in [1.54, 1.807) is 14.1 Å². The molecule has 4 N–H and O–H groups in total. The molecule has 2 fully saturated rings. The molecule has 4 aliphatic carbocycles. The van der Waals surface area contributed by atoms with Crippen molar-refractivity contribution in [1.29, 1.82) is 0 Å². The van der Waals surface area contributed by atoms with Gasteiger partial charge < -0.3 is 20.4 Å². The fourth-order valence-electron chi connectivity index (χ4n) is 7.87. The normalized spacial score (nSPS) is 31.1. The molecule has 10 heteroatoms. The van der Waals surface area contributed by atoms with Crippen LogP contribution in [0.25, 0.3) is 5.76 Å². The van der Waals surface area contributed by atoms with E-state index < -0.39 is 63.7 Å². The smallest absolute Gasteiger partial charge is 0.202 e. The third-order valence-corrected chi connectivity index (χ3v) is 9.70. The van der Waals surface area contributed by atoms with E-state index in [4.69, 9.17) is 0 Å². The maximum atomic E-state index is 16.0. The molecule has 4 atom stereocenters. The minimum absolute atomic E-state index is 0.0263. The number of hydrogen-bond acceptors (Lipinski definition) is 9. The molecule has 0 saturated heterocycles. The number of benzene rings is 1. The predicted molar refractivity (Wildman–Crippen MR) is 137 cm³/mol. The van der Waals surface area contributed by atoms with E-state index in [2.05, 4.69) is 4.90 Å². The molecule has 6 rings (SSSR count). The highest BCUT2D eigenvalue weighted by atomic mass is 19.1. The van der Waals surface area contributed by atoms with E-state index in [-0.39, 0.29) is 35.3 Å². The van der Waals surface area contributed by atoms with Crippen LogP contribution < -0.4 is 0 Å². The van der Waals surface area contributed by atoms with Crippen molar-refractivity contribution in [2.75, 3.05) is 14.1 Å². The van der Waals surface area contributed by atoms with Gasteiger partial charge in [-0.15, -0.1) is 0 Å². The number of phenolic OH excluding ortho intramolecular Hbond substituents is 1. The highest BCUT2D eigenvalue weighted by molar-refractivity contribution is 6.25. The molecule has 0 amide bonds. The third kappa shape index (κ3) is 3.37. The number of halogens is 1. The number of aromatic hydroxyl groups is 1. The van der Waals surface area contributed by atoms with Gasteiger partial charge in [0.1, 0.15) is 28.7 Å². The number of ketones is 3. The number of likely N-dealkylation sites (N-methyl/N-ethyl adjacent to an activating group) is 1. The molecule has 9 nitrogen and oxygen atoms in total. The van der Waals surface area contributed by atoms with E-state index in [0.717, 1.165) is 32.6 Å². The summed E-state index contributed by atoms with van der Waals surface area (Å²) in [5.41, 5.74) is -2.77.